The van der Waals surface area contributed by atoms with Gasteiger partial charge in [0.05, 0.1) is 13.2 Å². The zero-order valence-electron chi connectivity index (χ0n) is 16.0. The van der Waals surface area contributed by atoms with Gasteiger partial charge in [0.2, 0.25) is 0 Å². The van der Waals surface area contributed by atoms with E-state index in [4.69, 9.17) is 16.3 Å². The van der Waals surface area contributed by atoms with Crippen LogP contribution < -0.4 is 15.5 Å². The molecule has 1 aromatic carbocycles. The normalized spacial score (nSPS) is 14.4. The highest BCUT2D eigenvalue weighted by Crippen LogP contribution is 2.18. The summed E-state index contributed by atoms with van der Waals surface area (Å²) in [6.45, 7) is 4.71. The van der Waals surface area contributed by atoms with Crippen molar-refractivity contribution in [3.05, 3.63) is 58.7 Å². The molecule has 0 saturated carbocycles. The van der Waals surface area contributed by atoms with Gasteiger partial charge < -0.3 is 20.3 Å². The molecule has 0 spiro atoms. The first-order valence-corrected chi connectivity index (χ1v) is 9.59. The molecule has 0 bridgehead atoms. The number of benzene rings is 1. The summed E-state index contributed by atoms with van der Waals surface area (Å²) >= 11 is 5.93. The van der Waals surface area contributed by atoms with Gasteiger partial charge in [-0.15, -0.1) is 24.0 Å². The van der Waals surface area contributed by atoms with Crippen molar-refractivity contribution in [2.75, 3.05) is 44.8 Å². The monoisotopic (exact) mass is 515 g/mol. The second kappa shape index (κ2) is 12.1. The minimum atomic E-state index is 0. The zero-order valence-corrected chi connectivity index (χ0v) is 19.1. The highest BCUT2D eigenvalue weighted by atomic mass is 127. The number of ether oxygens (including phenoxy) is 1. The van der Waals surface area contributed by atoms with Crippen LogP contribution in [-0.4, -0.2) is 50.8 Å². The molecule has 1 fully saturated rings. The molecule has 2 heterocycles. The molecule has 0 unspecified atom stereocenters. The third-order valence-electron chi connectivity index (χ3n) is 4.47. The van der Waals surface area contributed by atoms with Crippen LogP contribution in [0.2, 0.25) is 5.02 Å². The molecule has 1 aliphatic heterocycles. The number of nitrogens with zero attached hydrogens (tertiary/aromatic N) is 3. The van der Waals surface area contributed by atoms with Gasteiger partial charge in [-0.05, 0) is 30.2 Å². The maximum absolute atomic E-state index is 5.93. The minimum Gasteiger partial charge on any atom is -0.378 e. The first-order chi connectivity index (χ1) is 13.3. The SMILES string of the molecule is CN=C(NCCc1ccc(Cl)cc1)NCc1cccnc1N1CCOCC1.I. The molecule has 0 aliphatic carbocycles. The van der Waals surface area contributed by atoms with Gasteiger partial charge in [0.1, 0.15) is 5.82 Å². The highest BCUT2D eigenvalue weighted by molar-refractivity contribution is 14.0. The maximum atomic E-state index is 5.93. The van der Waals surface area contributed by atoms with Crippen molar-refractivity contribution in [1.82, 2.24) is 15.6 Å². The molecule has 2 aromatic rings. The average molecular weight is 516 g/mol. The van der Waals surface area contributed by atoms with Crippen molar-refractivity contribution in [2.24, 2.45) is 4.99 Å². The molecule has 1 aromatic heterocycles. The largest absolute Gasteiger partial charge is 0.378 e. The van der Waals surface area contributed by atoms with Gasteiger partial charge in [-0.25, -0.2) is 4.98 Å². The van der Waals surface area contributed by atoms with Gasteiger partial charge in [-0.2, -0.15) is 0 Å². The Balaban J connectivity index is 0.00000280. The maximum Gasteiger partial charge on any atom is 0.191 e. The van der Waals surface area contributed by atoms with E-state index < -0.39 is 0 Å². The van der Waals surface area contributed by atoms with E-state index in [1.54, 1.807) is 7.05 Å². The Kier molecular flexibility index (Phi) is 9.80. The topological polar surface area (TPSA) is 61.8 Å². The van der Waals surface area contributed by atoms with Gasteiger partial charge >= 0.3 is 0 Å². The van der Waals surface area contributed by atoms with Crippen LogP contribution in [-0.2, 0) is 17.7 Å². The van der Waals surface area contributed by atoms with Gasteiger partial charge in [0.25, 0.3) is 0 Å². The average Bonchev–Trinajstić information content (AvgIpc) is 2.73. The Labute approximate surface area is 188 Å². The van der Waals surface area contributed by atoms with Crippen LogP contribution in [0, 0.1) is 0 Å². The highest BCUT2D eigenvalue weighted by Gasteiger charge is 2.15. The number of guanidine groups is 1. The van der Waals surface area contributed by atoms with E-state index in [2.05, 4.69) is 31.6 Å². The van der Waals surface area contributed by atoms with E-state index in [1.165, 1.54) is 5.56 Å². The number of morpholine rings is 1. The van der Waals surface area contributed by atoms with Crippen molar-refractivity contribution < 1.29 is 4.74 Å². The number of hydrogen-bond donors (Lipinski definition) is 2. The third-order valence-corrected chi connectivity index (χ3v) is 4.72. The van der Waals surface area contributed by atoms with E-state index >= 15 is 0 Å². The van der Waals surface area contributed by atoms with Gasteiger partial charge in [0, 0.05) is 50.0 Å². The first kappa shape index (κ1) is 22.7. The molecular formula is C20H27ClIN5O. The predicted molar refractivity (Wildman–Crippen MR) is 126 cm³/mol. The molecule has 1 saturated heterocycles. The summed E-state index contributed by atoms with van der Waals surface area (Å²) in [7, 11) is 1.78. The summed E-state index contributed by atoms with van der Waals surface area (Å²) in [5, 5.41) is 7.49. The van der Waals surface area contributed by atoms with Crippen LogP contribution in [0.1, 0.15) is 11.1 Å². The summed E-state index contributed by atoms with van der Waals surface area (Å²) in [5.41, 5.74) is 2.39. The van der Waals surface area contributed by atoms with Crippen LogP contribution in [0.15, 0.2) is 47.6 Å². The van der Waals surface area contributed by atoms with Crippen molar-refractivity contribution >= 4 is 47.4 Å². The standard InChI is InChI=1S/C20H26ClN5O.HI/c1-22-20(24-10-8-16-4-6-18(21)7-5-16)25-15-17-3-2-9-23-19(17)26-11-13-27-14-12-26;/h2-7,9H,8,10-15H2,1H3,(H2,22,24,25);1H. The van der Waals surface area contributed by atoms with E-state index in [1.807, 2.05) is 36.5 Å². The second-order valence-corrected chi connectivity index (χ2v) is 6.75. The number of aromatic nitrogens is 1. The molecule has 152 valence electrons. The van der Waals surface area contributed by atoms with E-state index in [-0.39, 0.29) is 24.0 Å². The lowest BCUT2D eigenvalue weighted by atomic mass is 10.1. The molecular weight excluding hydrogens is 489 g/mol. The minimum absolute atomic E-state index is 0. The molecule has 28 heavy (non-hydrogen) atoms. The summed E-state index contributed by atoms with van der Waals surface area (Å²) in [4.78, 5) is 11.2. The fraction of sp³-hybridized carbons (Fsp3) is 0.400. The van der Waals surface area contributed by atoms with E-state index in [0.29, 0.717) is 6.54 Å². The Morgan fingerprint density at radius 2 is 1.93 bits per heavy atom. The summed E-state index contributed by atoms with van der Waals surface area (Å²) in [6.07, 6.45) is 2.75. The van der Waals surface area contributed by atoms with Crippen LogP contribution in [0.3, 0.4) is 0 Å². The molecule has 0 radical (unpaired) electrons. The predicted octanol–water partition coefficient (Wildman–Crippen LogP) is 3.10. The second-order valence-electron chi connectivity index (χ2n) is 6.31. The van der Waals surface area contributed by atoms with E-state index in [0.717, 1.165) is 61.6 Å². The Morgan fingerprint density at radius 1 is 1.18 bits per heavy atom. The fourth-order valence-corrected chi connectivity index (χ4v) is 3.13. The number of rotatable bonds is 6. The van der Waals surface area contributed by atoms with Crippen LogP contribution in [0.5, 0.6) is 0 Å². The van der Waals surface area contributed by atoms with Crippen molar-refractivity contribution in [1.29, 1.82) is 0 Å². The van der Waals surface area contributed by atoms with E-state index in [9.17, 15) is 0 Å². The molecule has 6 nitrogen and oxygen atoms in total. The summed E-state index contributed by atoms with van der Waals surface area (Å²) in [6, 6.07) is 12.0. The fourth-order valence-electron chi connectivity index (χ4n) is 3.00. The number of hydrogen-bond acceptors (Lipinski definition) is 4. The first-order valence-electron chi connectivity index (χ1n) is 9.22. The molecule has 8 heteroatoms. The smallest absolute Gasteiger partial charge is 0.191 e. The Bertz CT molecular complexity index is 751. The third kappa shape index (κ3) is 6.79. The van der Waals surface area contributed by atoms with Crippen molar-refractivity contribution in [2.45, 2.75) is 13.0 Å². The molecule has 3 rings (SSSR count). The molecule has 0 atom stereocenters. The summed E-state index contributed by atoms with van der Waals surface area (Å²) < 4.78 is 5.44. The number of nitrogens with one attached hydrogen (secondary N) is 2. The number of pyridine rings is 1. The Morgan fingerprint density at radius 3 is 2.64 bits per heavy atom. The van der Waals surface area contributed by atoms with Crippen LogP contribution >= 0.6 is 35.6 Å². The summed E-state index contributed by atoms with van der Waals surface area (Å²) in [5.74, 6) is 1.80. The van der Waals surface area contributed by atoms with Gasteiger partial charge in [-0.3, -0.25) is 4.99 Å². The molecule has 0 amide bonds. The zero-order chi connectivity index (χ0) is 18.9. The number of aliphatic imine (C=N–C) groups is 1. The van der Waals surface area contributed by atoms with Crippen LogP contribution in [0.25, 0.3) is 0 Å². The molecule has 2 N–H and O–H groups in total. The Hall–Kier alpha value is -1.58. The van der Waals surface area contributed by atoms with Crippen LogP contribution in [0.4, 0.5) is 5.82 Å². The molecule has 1 aliphatic rings. The lowest BCUT2D eigenvalue weighted by Gasteiger charge is -2.29. The lowest BCUT2D eigenvalue weighted by molar-refractivity contribution is 0.122. The number of anilines is 1. The number of halogens is 2. The van der Waals surface area contributed by atoms with Gasteiger partial charge in [-0.1, -0.05) is 29.8 Å². The van der Waals surface area contributed by atoms with Crippen molar-refractivity contribution in [3.63, 3.8) is 0 Å². The van der Waals surface area contributed by atoms with Crippen molar-refractivity contribution in [3.8, 4) is 0 Å². The quantitative estimate of drug-likeness (QED) is 0.352. The lowest BCUT2D eigenvalue weighted by Crippen LogP contribution is -2.40. The van der Waals surface area contributed by atoms with Gasteiger partial charge in [0.15, 0.2) is 5.96 Å².